The summed E-state index contributed by atoms with van der Waals surface area (Å²) in [5.41, 5.74) is 6.72. The monoisotopic (exact) mass is 636 g/mol. The maximum atomic E-state index is 5.04. The van der Waals surface area contributed by atoms with Crippen LogP contribution < -0.4 is 0 Å². The van der Waals surface area contributed by atoms with E-state index in [1.165, 1.54) is 38.5 Å². The van der Waals surface area contributed by atoms with Crippen LogP contribution in [0.25, 0.3) is 0 Å². The van der Waals surface area contributed by atoms with Crippen molar-refractivity contribution in [3.63, 3.8) is 0 Å². The molecule has 7 aliphatic rings. The summed E-state index contributed by atoms with van der Waals surface area (Å²) in [5.74, 6) is 0. The molecule has 0 N–H and O–H groups in total. The number of rotatable bonds is 0. The van der Waals surface area contributed by atoms with Gasteiger partial charge >= 0.3 is 0 Å². The van der Waals surface area contributed by atoms with Crippen molar-refractivity contribution in [3.05, 3.63) is 106 Å². The van der Waals surface area contributed by atoms with E-state index in [-0.39, 0.29) is 36.3 Å². The Labute approximate surface area is 286 Å². The maximum Gasteiger partial charge on any atom is 0.0723 e. The van der Waals surface area contributed by atoms with Crippen molar-refractivity contribution in [2.75, 3.05) is 0 Å². The van der Waals surface area contributed by atoms with Crippen molar-refractivity contribution in [3.8, 4) is 0 Å². The van der Waals surface area contributed by atoms with Crippen molar-refractivity contribution >= 4 is 37.3 Å². The molecule has 0 unspecified atom stereocenters. The summed E-state index contributed by atoms with van der Waals surface area (Å²) in [4.78, 5) is 30.2. The molecule has 0 spiro atoms. The molecular weight excluding hydrogens is 589 g/mol. The fourth-order valence-electron chi connectivity index (χ4n) is 7.41. The normalized spacial score (nSPS) is 27.8. The number of aliphatic imine (C=N–C) groups is 6. The van der Waals surface area contributed by atoms with Gasteiger partial charge in [-0.05, 0) is 71.9 Å². The van der Waals surface area contributed by atoms with Crippen LogP contribution in [0.3, 0.4) is 0 Å². The molecule has 0 saturated heterocycles. The highest BCUT2D eigenvalue weighted by Gasteiger charge is 2.25. The molecule has 6 atom stereocenters. The van der Waals surface area contributed by atoms with Gasteiger partial charge in [0.1, 0.15) is 0 Å². The zero-order valence-electron chi connectivity index (χ0n) is 28.0. The summed E-state index contributed by atoms with van der Waals surface area (Å²) in [7, 11) is 0. The average Bonchev–Trinajstić information content (AvgIpc) is 3.15. The SMILES string of the molecule is C1=N[C@H]2CCCC[C@@H]2N=Cc2ccc(cc2)C=N[C@@H]2CCCC[C@H]2N=Cc2ccc(cc2)C=N[C@H]2CCCC[C@@H]2N=Cc2ccc1cc2. The van der Waals surface area contributed by atoms with Gasteiger partial charge in [0.2, 0.25) is 0 Å². The Kier molecular flexibility index (Phi) is 10.9. The molecule has 3 aromatic rings. The second-order valence-corrected chi connectivity index (χ2v) is 13.9. The van der Waals surface area contributed by atoms with E-state index < -0.39 is 0 Å². The summed E-state index contributed by atoms with van der Waals surface area (Å²) in [6, 6.07) is 27.1. The van der Waals surface area contributed by atoms with E-state index in [9.17, 15) is 0 Å². The van der Waals surface area contributed by atoms with Crippen LogP contribution in [0.4, 0.5) is 0 Å². The lowest BCUT2D eigenvalue weighted by Gasteiger charge is -2.25. The van der Waals surface area contributed by atoms with Gasteiger partial charge in [-0.2, -0.15) is 0 Å². The largest absolute Gasteiger partial charge is 0.287 e. The smallest absolute Gasteiger partial charge is 0.0723 e. The topological polar surface area (TPSA) is 74.2 Å². The van der Waals surface area contributed by atoms with Crippen molar-refractivity contribution in [1.29, 1.82) is 0 Å². The lowest BCUT2D eigenvalue weighted by molar-refractivity contribution is 0.390. The van der Waals surface area contributed by atoms with Gasteiger partial charge in [0, 0.05) is 37.3 Å². The standard InChI is InChI=1S/C42H48N6/c1-2-8-38-37(7-1)43-25-31-13-15-33(16-14-31)27-45-39-9-3-4-10-40(39)47-29-35-21-23-36(24-22-35)30-48-42-12-6-5-11-41(42)46-28-34-19-17-32(18-20-34)26-44-38/h13-30,37-42H,1-12H2/t37-,38-,39-,40-,41+,42+/m0/s1. The van der Waals surface area contributed by atoms with Crippen molar-refractivity contribution in [2.24, 2.45) is 30.0 Å². The molecule has 0 aromatic heterocycles. The highest BCUT2D eigenvalue weighted by Crippen LogP contribution is 2.26. The molecule has 6 bridgehead atoms. The maximum absolute atomic E-state index is 5.04. The van der Waals surface area contributed by atoms with E-state index >= 15 is 0 Å². The molecule has 0 amide bonds. The fraction of sp³-hybridized carbons (Fsp3) is 0.429. The van der Waals surface area contributed by atoms with Crippen LogP contribution in [0.5, 0.6) is 0 Å². The first kappa shape index (κ1) is 32.2. The molecule has 246 valence electrons. The van der Waals surface area contributed by atoms with Gasteiger partial charge in [-0.15, -0.1) is 0 Å². The van der Waals surface area contributed by atoms with Crippen LogP contribution in [0.1, 0.15) is 110 Å². The Hall–Kier alpha value is -4.32. The fourth-order valence-corrected chi connectivity index (χ4v) is 7.41. The lowest BCUT2D eigenvalue weighted by Crippen LogP contribution is -2.27. The first-order chi connectivity index (χ1) is 23.7. The van der Waals surface area contributed by atoms with E-state index in [1.54, 1.807) is 0 Å². The first-order valence-electron chi connectivity index (χ1n) is 18.2. The Morgan fingerprint density at radius 1 is 0.250 bits per heavy atom. The molecule has 3 saturated carbocycles. The van der Waals surface area contributed by atoms with Gasteiger partial charge in [0.25, 0.3) is 0 Å². The Balaban J connectivity index is 1.15. The zero-order chi connectivity index (χ0) is 32.4. The summed E-state index contributed by atoms with van der Waals surface area (Å²) in [6.45, 7) is 0. The molecule has 6 heteroatoms. The molecule has 0 radical (unpaired) electrons. The van der Waals surface area contributed by atoms with Crippen molar-refractivity contribution in [2.45, 2.75) is 113 Å². The molecule has 4 heterocycles. The summed E-state index contributed by atoms with van der Waals surface area (Å²) < 4.78 is 0. The molecular formula is C42H48N6. The number of benzene rings is 3. The second-order valence-electron chi connectivity index (χ2n) is 13.9. The molecule has 3 aromatic carbocycles. The van der Waals surface area contributed by atoms with Crippen LogP contribution in [0.15, 0.2) is 103 Å². The minimum absolute atomic E-state index is 0.218. The van der Waals surface area contributed by atoms with Gasteiger partial charge < -0.3 is 0 Å². The third-order valence-electron chi connectivity index (χ3n) is 10.4. The predicted molar refractivity (Wildman–Crippen MR) is 203 cm³/mol. The number of hydrogen-bond acceptors (Lipinski definition) is 6. The Morgan fingerprint density at radius 3 is 0.542 bits per heavy atom. The molecule has 6 nitrogen and oxygen atoms in total. The number of nitrogens with zero attached hydrogens (tertiary/aromatic N) is 6. The molecule has 48 heavy (non-hydrogen) atoms. The van der Waals surface area contributed by atoms with E-state index in [0.717, 1.165) is 71.9 Å². The Bertz CT molecular complexity index is 1330. The molecule has 10 rings (SSSR count). The highest BCUT2D eigenvalue weighted by atomic mass is 14.9. The lowest BCUT2D eigenvalue weighted by atomic mass is 9.91. The predicted octanol–water partition coefficient (Wildman–Crippen LogP) is 8.55. The van der Waals surface area contributed by atoms with Gasteiger partial charge in [-0.3, -0.25) is 30.0 Å². The van der Waals surface area contributed by atoms with Crippen molar-refractivity contribution in [1.82, 2.24) is 0 Å². The summed E-state index contributed by atoms with van der Waals surface area (Å²) >= 11 is 0. The molecule has 3 aliphatic carbocycles. The Morgan fingerprint density at radius 2 is 0.396 bits per heavy atom. The van der Waals surface area contributed by atoms with E-state index in [4.69, 9.17) is 30.0 Å². The van der Waals surface area contributed by atoms with Gasteiger partial charge in [0.05, 0.1) is 36.3 Å². The molecule has 4 aliphatic heterocycles. The van der Waals surface area contributed by atoms with Crippen LogP contribution in [0.2, 0.25) is 0 Å². The quantitative estimate of drug-likeness (QED) is 0.237. The average molecular weight is 637 g/mol. The van der Waals surface area contributed by atoms with E-state index in [1.807, 2.05) is 37.3 Å². The number of fused-ring (bicyclic) bond motifs is 3. The van der Waals surface area contributed by atoms with Crippen LogP contribution in [0, 0.1) is 0 Å². The first-order valence-corrected chi connectivity index (χ1v) is 18.2. The third-order valence-corrected chi connectivity index (χ3v) is 10.4. The summed E-state index contributed by atoms with van der Waals surface area (Å²) in [5, 5.41) is 0. The van der Waals surface area contributed by atoms with Gasteiger partial charge in [0.15, 0.2) is 0 Å². The second kappa shape index (κ2) is 16.2. The van der Waals surface area contributed by atoms with Gasteiger partial charge in [-0.1, -0.05) is 111 Å². The van der Waals surface area contributed by atoms with Gasteiger partial charge in [-0.25, -0.2) is 0 Å². The van der Waals surface area contributed by atoms with Crippen LogP contribution in [-0.4, -0.2) is 73.5 Å². The van der Waals surface area contributed by atoms with Crippen LogP contribution >= 0.6 is 0 Å². The minimum atomic E-state index is 0.218. The van der Waals surface area contributed by atoms with E-state index in [0.29, 0.717) is 0 Å². The molecule has 3 fully saturated rings. The number of hydrogen-bond donors (Lipinski definition) is 0. The third kappa shape index (κ3) is 8.77. The van der Waals surface area contributed by atoms with Crippen LogP contribution in [-0.2, 0) is 0 Å². The highest BCUT2D eigenvalue weighted by molar-refractivity contribution is 5.86. The van der Waals surface area contributed by atoms with E-state index in [2.05, 4.69) is 72.8 Å². The minimum Gasteiger partial charge on any atom is -0.287 e. The summed E-state index contributed by atoms with van der Waals surface area (Å²) in [6.07, 6.45) is 26.0. The van der Waals surface area contributed by atoms with Crippen molar-refractivity contribution < 1.29 is 0 Å². The zero-order valence-corrected chi connectivity index (χ0v) is 28.0.